The number of nitrogens with zero attached hydrogens (tertiary/aromatic N) is 1. The molecule has 2 amide bonds. The molecular formula is C17H16ClN3O2. The number of aryl methyl sites for hydroxylation is 1. The Morgan fingerprint density at radius 1 is 1.22 bits per heavy atom. The maximum absolute atomic E-state index is 11.9. The van der Waals surface area contributed by atoms with Crippen LogP contribution in [0.15, 0.2) is 42.6 Å². The largest absolute Gasteiger partial charge is 0.355 e. The lowest BCUT2D eigenvalue weighted by Gasteiger charge is -2.04. The second kappa shape index (κ2) is 7.56. The molecule has 2 aromatic rings. The van der Waals surface area contributed by atoms with Crippen LogP contribution >= 0.6 is 11.6 Å². The van der Waals surface area contributed by atoms with Gasteiger partial charge in [-0.2, -0.15) is 0 Å². The molecule has 0 atom stereocenters. The van der Waals surface area contributed by atoms with Gasteiger partial charge in [-0.25, -0.2) is 4.98 Å². The molecule has 5 nitrogen and oxygen atoms in total. The van der Waals surface area contributed by atoms with Crippen LogP contribution in [0.2, 0.25) is 5.15 Å². The molecular weight excluding hydrogens is 314 g/mol. The minimum Gasteiger partial charge on any atom is -0.355 e. The van der Waals surface area contributed by atoms with E-state index in [9.17, 15) is 9.59 Å². The normalized spacial score (nSPS) is 10.6. The van der Waals surface area contributed by atoms with Gasteiger partial charge in [0.2, 0.25) is 5.91 Å². The van der Waals surface area contributed by atoms with E-state index in [1.807, 2.05) is 6.92 Å². The van der Waals surface area contributed by atoms with Crippen molar-refractivity contribution < 1.29 is 9.59 Å². The van der Waals surface area contributed by atoms with E-state index in [1.54, 1.807) is 43.5 Å². The summed E-state index contributed by atoms with van der Waals surface area (Å²) in [6, 6.07) is 8.68. The van der Waals surface area contributed by atoms with E-state index < -0.39 is 0 Å². The van der Waals surface area contributed by atoms with Crippen molar-refractivity contribution in [3.05, 3.63) is 64.4 Å². The average Bonchev–Trinajstić information content (AvgIpc) is 2.56. The van der Waals surface area contributed by atoms with Crippen molar-refractivity contribution >= 4 is 35.2 Å². The van der Waals surface area contributed by atoms with E-state index >= 15 is 0 Å². The number of pyridine rings is 1. The Hall–Kier alpha value is -2.66. The highest BCUT2D eigenvalue weighted by molar-refractivity contribution is 6.30. The summed E-state index contributed by atoms with van der Waals surface area (Å²) in [5, 5.41) is 5.67. The molecule has 1 aromatic carbocycles. The zero-order valence-corrected chi connectivity index (χ0v) is 13.5. The Labute approximate surface area is 139 Å². The fourth-order valence-electron chi connectivity index (χ4n) is 1.87. The molecule has 0 fully saturated rings. The van der Waals surface area contributed by atoms with Crippen LogP contribution in [0.1, 0.15) is 21.5 Å². The first-order chi connectivity index (χ1) is 11.0. The molecule has 6 heteroatoms. The number of anilines is 1. The number of hydrogen-bond acceptors (Lipinski definition) is 3. The third-order valence-electron chi connectivity index (χ3n) is 3.11. The van der Waals surface area contributed by atoms with E-state index in [2.05, 4.69) is 15.6 Å². The summed E-state index contributed by atoms with van der Waals surface area (Å²) in [6.45, 7) is 1.81. The first-order valence-electron chi connectivity index (χ1n) is 6.93. The quantitative estimate of drug-likeness (QED) is 0.669. The standard InChI is InChI=1S/C17H16ClN3O2/c1-11-9-14(10-20-16(11)18)21-15(22)8-5-12-3-6-13(7-4-12)17(23)19-2/h3-10H,1-2H3,(H,19,23)(H,21,22)/b8-5-. The van der Waals surface area contributed by atoms with Crippen LogP contribution in [0.25, 0.3) is 6.08 Å². The molecule has 23 heavy (non-hydrogen) atoms. The highest BCUT2D eigenvalue weighted by Gasteiger charge is 2.03. The second-order valence-electron chi connectivity index (χ2n) is 4.86. The topological polar surface area (TPSA) is 71.1 Å². The number of rotatable bonds is 4. The van der Waals surface area contributed by atoms with Gasteiger partial charge in [0, 0.05) is 18.7 Å². The van der Waals surface area contributed by atoms with E-state index in [0.717, 1.165) is 11.1 Å². The Bertz CT molecular complexity index is 755. The van der Waals surface area contributed by atoms with Gasteiger partial charge < -0.3 is 10.6 Å². The summed E-state index contributed by atoms with van der Waals surface area (Å²) in [5.41, 5.74) is 2.75. The SMILES string of the molecule is CNC(=O)c1ccc(/C=C\C(=O)Nc2cnc(Cl)c(C)c2)cc1. The molecule has 1 aromatic heterocycles. The Balaban J connectivity index is 2.00. The third-order valence-corrected chi connectivity index (χ3v) is 3.50. The summed E-state index contributed by atoms with van der Waals surface area (Å²) in [5.74, 6) is -0.423. The molecule has 0 radical (unpaired) electrons. The van der Waals surface area contributed by atoms with Crippen molar-refractivity contribution in [2.24, 2.45) is 0 Å². The van der Waals surface area contributed by atoms with Crippen LogP contribution in [0.3, 0.4) is 0 Å². The maximum Gasteiger partial charge on any atom is 0.251 e. The van der Waals surface area contributed by atoms with Crippen LogP contribution < -0.4 is 10.6 Å². The summed E-state index contributed by atoms with van der Waals surface area (Å²) in [6.07, 6.45) is 4.58. The molecule has 0 saturated heterocycles. The molecule has 1 heterocycles. The lowest BCUT2D eigenvalue weighted by atomic mass is 10.1. The average molecular weight is 330 g/mol. The highest BCUT2D eigenvalue weighted by Crippen LogP contribution is 2.16. The summed E-state index contributed by atoms with van der Waals surface area (Å²) < 4.78 is 0. The van der Waals surface area contributed by atoms with Crippen molar-refractivity contribution in [3.63, 3.8) is 0 Å². The summed E-state index contributed by atoms with van der Waals surface area (Å²) >= 11 is 5.84. The summed E-state index contributed by atoms with van der Waals surface area (Å²) in [4.78, 5) is 27.3. The molecule has 0 saturated carbocycles. The van der Waals surface area contributed by atoms with Crippen molar-refractivity contribution in [2.75, 3.05) is 12.4 Å². The number of amides is 2. The van der Waals surface area contributed by atoms with Crippen molar-refractivity contribution in [2.45, 2.75) is 6.92 Å². The number of benzene rings is 1. The number of carbonyl (C=O) groups excluding carboxylic acids is 2. The van der Waals surface area contributed by atoms with Crippen LogP contribution in [0, 0.1) is 6.92 Å². The van der Waals surface area contributed by atoms with Crippen LogP contribution in [0.5, 0.6) is 0 Å². The first kappa shape index (κ1) is 16.7. The number of carbonyl (C=O) groups is 2. The Morgan fingerprint density at radius 2 is 1.91 bits per heavy atom. The Morgan fingerprint density at radius 3 is 2.52 bits per heavy atom. The maximum atomic E-state index is 11.9. The molecule has 0 bridgehead atoms. The molecule has 0 aliphatic carbocycles. The van der Waals surface area contributed by atoms with Gasteiger partial charge in [0.1, 0.15) is 5.15 Å². The van der Waals surface area contributed by atoms with Crippen molar-refractivity contribution in [1.29, 1.82) is 0 Å². The molecule has 118 valence electrons. The van der Waals surface area contributed by atoms with E-state index in [4.69, 9.17) is 11.6 Å². The van der Waals surface area contributed by atoms with Crippen molar-refractivity contribution in [1.82, 2.24) is 10.3 Å². The van der Waals surface area contributed by atoms with Gasteiger partial charge >= 0.3 is 0 Å². The van der Waals surface area contributed by atoms with Crippen LogP contribution in [-0.4, -0.2) is 23.8 Å². The lowest BCUT2D eigenvalue weighted by Crippen LogP contribution is -2.17. The predicted octanol–water partition coefficient (Wildman–Crippen LogP) is 3.05. The van der Waals surface area contributed by atoms with Crippen LogP contribution in [-0.2, 0) is 4.79 Å². The molecule has 0 aliphatic rings. The number of nitrogens with one attached hydrogen (secondary N) is 2. The van der Waals surface area contributed by atoms with E-state index in [-0.39, 0.29) is 11.8 Å². The Kier molecular flexibility index (Phi) is 5.49. The van der Waals surface area contributed by atoms with Crippen LogP contribution in [0.4, 0.5) is 5.69 Å². The molecule has 0 aliphatic heterocycles. The second-order valence-corrected chi connectivity index (χ2v) is 5.21. The lowest BCUT2D eigenvalue weighted by molar-refractivity contribution is -0.111. The predicted molar refractivity (Wildman–Crippen MR) is 91.5 cm³/mol. The minimum absolute atomic E-state index is 0.149. The smallest absolute Gasteiger partial charge is 0.251 e. The van der Waals surface area contributed by atoms with Gasteiger partial charge in [-0.1, -0.05) is 23.7 Å². The van der Waals surface area contributed by atoms with Gasteiger partial charge in [-0.3, -0.25) is 9.59 Å². The van der Waals surface area contributed by atoms with Gasteiger partial charge in [0.05, 0.1) is 11.9 Å². The fourth-order valence-corrected chi connectivity index (χ4v) is 1.98. The minimum atomic E-state index is -0.274. The molecule has 0 unspecified atom stereocenters. The van der Waals surface area contributed by atoms with Gasteiger partial charge in [-0.05, 0) is 42.3 Å². The van der Waals surface area contributed by atoms with Gasteiger partial charge in [0.15, 0.2) is 0 Å². The zero-order chi connectivity index (χ0) is 16.8. The number of aromatic nitrogens is 1. The van der Waals surface area contributed by atoms with Gasteiger partial charge in [-0.15, -0.1) is 0 Å². The van der Waals surface area contributed by atoms with Gasteiger partial charge in [0.25, 0.3) is 5.91 Å². The molecule has 0 spiro atoms. The zero-order valence-electron chi connectivity index (χ0n) is 12.8. The highest BCUT2D eigenvalue weighted by atomic mass is 35.5. The molecule has 2 N–H and O–H groups in total. The first-order valence-corrected chi connectivity index (χ1v) is 7.31. The number of halogens is 1. The molecule has 2 rings (SSSR count). The van der Waals surface area contributed by atoms with E-state index in [1.165, 1.54) is 12.3 Å². The fraction of sp³-hybridized carbons (Fsp3) is 0.118. The van der Waals surface area contributed by atoms with Crippen molar-refractivity contribution in [3.8, 4) is 0 Å². The third kappa shape index (κ3) is 4.66. The monoisotopic (exact) mass is 329 g/mol. The van der Waals surface area contributed by atoms with E-state index in [0.29, 0.717) is 16.4 Å². The summed E-state index contributed by atoms with van der Waals surface area (Å²) in [7, 11) is 1.58. The number of hydrogen-bond donors (Lipinski definition) is 2.